The van der Waals surface area contributed by atoms with Crippen molar-refractivity contribution < 1.29 is 8.42 Å². The van der Waals surface area contributed by atoms with Gasteiger partial charge in [-0.25, -0.2) is 12.7 Å². The molecule has 0 aliphatic carbocycles. The lowest BCUT2D eigenvalue weighted by Gasteiger charge is -2.26. The summed E-state index contributed by atoms with van der Waals surface area (Å²) in [6.07, 6.45) is 2.88. The highest BCUT2D eigenvalue weighted by atomic mass is 79.9. The molecule has 0 saturated heterocycles. The number of likely N-dealkylation sites (N-methyl/N-ethyl adjacent to an activating group) is 1. The molecule has 0 aliphatic rings. The number of rotatable bonds is 7. The van der Waals surface area contributed by atoms with Crippen molar-refractivity contribution in [3.63, 3.8) is 0 Å². The van der Waals surface area contributed by atoms with Crippen molar-refractivity contribution in [2.24, 2.45) is 5.92 Å². The highest BCUT2D eigenvalue weighted by Crippen LogP contribution is 2.28. The average Bonchev–Trinajstić information content (AvgIpc) is 2.82. The van der Waals surface area contributed by atoms with Crippen LogP contribution in [0, 0.1) is 5.92 Å². The summed E-state index contributed by atoms with van der Waals surface area (Å²) in [7, 11) is -1.56. The van der Waals surface area contributed by atoms with Crippen LogP contribution < -0.4 is 0 Å². The van der Waals surface area contributed by atoms with Gasteiger partial charge in [0.2, 0.25) is 10.0 Å². The first-order valence-electron chi connectivity index (χ1n) is 8.78. The SMILES string of the molecule is CC(C)Cn1cc(CC(C)N(C)S(=O)(=O)C(C)C)c2ccc(Br)cc21. The Bertz CT molecular complexity index is 840. The van der Waals surface area contributed by atoms with Crippen molar-refractivity contribution in [1.29, 1.82) is 0 Å². The van der Waals surface area contributed by atoms with E-state index in [4.69, 9.17) is 0 Å². The lowest BCUT2D eigenvalue weighted by Crippen LogP contribution is -2.40. The summed E-state index contributed by atoms with van der Waals surface area (Å²) in [5, 5.41) is 0.796. The van der Waals surface area contributed by atoms with E-state index in [-0.39, 0.29) is 6.04 Å². The molecule has 1 aromatic heterocycles. The molecule has 0 aliphatic heterocycles. The molecule has 2 rings (SSSR count). The molecule has 1 aromatic carbocycles. The Morgan fingerprint density at radius 1 is 1.16 bits per heavy atom. The molecule has 0 bridgehead atoms. The topological polar surface area (TPSA) is 42.3 Å². The lowest BCUT2D eigenvalue weighted by molar-refractivity contribution is 0.383. The third-order valence-electron chi connectivity index (χ3n) is 4.62. The van der Waals surface area contributed by atoms with E-state index >= 15 is 0 Å². The number of fused-ring (bicyclic) bond motifs is 1. The zero-order valence-electron chi connectivity index (χ0n) is 16.0. The van der Waals surface area contributed by atoms with Crippen molar-refractivity contribution in [3.8, 4) is 0 Å². The van der Waals surface area contributed by atoms with Crippen molar-refractivity contribution in [1.82, 2.24) is 8.87 Å². The quantitative estimate of drug-likeness (QED) is 0.643. The monoisotopic (exact) mass is 428 g/mol. The van der Waals surface area contributed by atoms with Crippen LogP contribution in [0.15, 0.2) is 28.9 Å². The first-order valence-corrected chi connectivity index (χ1v) is 11.1. The molecule has 0 amide bonds. The van der Waals surface area contributed by atoms with Gasteiger partial charge in [0, 0.05) is 41.2 Å². The van der Waals surface area contributed by atoms with Gasteiger partial charge < -0.3 is 4.57 Å². The molecule has 1 unspecified atom stereocenters. The molecule has 1 atom stereocenters. The van der Waals surface area contributed by atoms with E-state index in [1.807, 2.05) is 13.0 Å². The third-order valence-corrected chi connectivity index (χ3v) is 7.47. The Kier molecular flexibility index (Phi) is 6.39. The standard InChI is InChI=1S/C19H29BrN2O2S/c1-13(2)11-22-12-16(18-8-7-17(20)10-19(18)22)9-15(5)21(6)25(23,24)14(3)4/h7-8,10,12-15H,9,11H2,1-6H3. The largest absolute Gasteiger partial charge is 0.347 e. The van der Waals surface area contributed by atoms with Crippen LogP contribution >= 0.6 is 15.9 Å². The fourth-order valence-corrected chi connectivity index (χ4v) is 4.67. The maximum absolute atomic E-state index is 12.4. The van der Waals surface area contributed by atoms with Gasteiger partial charge in [0.05, 0.1) is 5.25 Å². The fourth-order valence-electron chi connectivity index (χ4n) is 3.08. The summed E-state index contributed by atoms with van der Waals surface area (Å²) >= 11 is 3.56. The highest BCUT2D eigenvalue weighted by Gasteiger charge is 2.27. The summed E-state index contributed by atoms with van der Waals surface area (Å²) in [4.78, 5) is 0. The number of hydrogen-bond donors (Lipinski definition) is 0. The molecule has 1 heterocycles. The molecule has 0 N–H and O–H groups in total. The predicted molar refractivity (Wildman–Crippen MR) is 109 cm³/mol. The van der Waals surface area contributed by atoms with Gasteiger partial charge in [0.1, 0.15) is 0 Å². The van der Waals surface area contributed by atoms with Gasteiger partial charge in [-0.1, -0.05) is 35.8 Å². The van der Waals surface area contributed by atoms with Crippen molar-refractivity contribution in [2.75, 3.05) is 7.05 Å². The summed E-state index contributed by atoms with van der Waals surface area (Å²) in [5.41, 5.74) is 2.39. The Morgan fingerprint density at radius 2 is 1.80 bits per heavy atom. The van der Waals surface area contributed by atoms with Gasteiger partial charge in [0.25, 0.3) is 0 Å². The van der Waals surface area contributed by atoms with E-state index < -0.39 is 15.3 Å². The van der Waals surface area contributed by atoms with Gasteiger partial charge in [-0.15, -0.1) is 0 Å². The zero-order chi connectivity index (χ0) is 18.9. The van der Waals surface area contributed by atoms with E-state index in [9.17, 15) is 8.42 Å². The van der Waals surface area contributed by atoms with Gasteiger partial charge in [-0.2, -0.15) is 0 Å². The lowest BCUT2D eigenvalue weighted by atomic mass is 10.1. The number of hydrogen-bond acceptors (Lipinski definition) is 2. The van der Waals surface area contributed by atoms with Crippen LogP contribution in [-0.2, 0) is 23.0 Å². The van der Waals surface area contributed by atoms with Crippen LogP contribution in [0.2, 0.25) is 0 Å². The first kappa shape index (κ1) is 20.5. The number of halogens is 1. The Balaban J connectivity index is 2.38. The summed E-state index contributed by atoms with van der Waals surface area (Å²) < 4.78 is 29.7. The van der Waals surface area contributed by atoms with Crippen LogP contribution in [-0.4, -0.2) is 35.6 Å². The maximum atomic E-state index is 12.4. The zero-order valence-corrected chi connectivity index (χ0v) is 18.4. The molecular formula is C19H29BrN2O2S. The second-order valence-corrected chi connectivity index (χ2v) is 11.0. The van der Waals surface area contributed by atoms with E-state index in [0.29, 0.717) is 12.3 Å². The molecule has 25 heavy (non-hydrogen) atoms. The smallest absolute Gasteiger partial charge is 0.216 e. The van der Waals surface area contributed by atoms with E-state index in [2.05, 4.69) is 52.7 Å². The minimum atomic E-state index is -3.25. The number of aromatic nitrogens is 1. The summed E-state index contributed by atoms with van der Waals surface area (Å²) in [6, 6.07) is 6.22. The molecular weight excluding hydrogens is 400 g/mol. The van der Waals surface area contributed by atoms with Gasteiger partial charge in [-0.05, 0) is 50.8 Å². The van der Waals surface area contributed by atoms with E-state index in [0.717, 1.165) is 11.0 Å². The minimum Gasteiger partial charge on any atom is -0.347 e. The van der Waals surface area contributed by atoms with E-state index in [1.165, 1.54) is 20.8 Å². The second-order valence-electron chi connectivity index (χ2n) is 7.53. The van der Waals surface area contributed by atoms with Crippen molar-refractivity contribution >= 4 is 36.9 Å². The van der Waals surface area contributed by atoms with Gasteiger partial charge >= 0.3 is 0 Å². The molecule has 4 nitrogen and oxygen atoms in total. The maximum Gasteiger partial charge on any atom is 0.216 e. The van der Waals surface area contributed by atoms with Crippen molar-refractivity contribution in [2.45, 2.75) is 58.9 Å². The predicted octanol–water partition coefficient (Wildman–Crippen LogP) is 4.66. The second kappa shape index (κ2) is 7.80. The molecule has 0 spiro atoms. The van der Waals surface area contributed by atoms with Crippen LogP contribution in [0.5, 0.6) is 0 Å². The van der Waals surface area contributed by atoms with Gasteiger partial charge in [0.15, 0.2) is 0 Å². The number of sulfonamides is 1. The minimum absolute atomic E-state index is 0.0888. The molecule has 0 radical (unpaired) electrons. The third kappa shape index (κ3) is 4.47. The van der Waals surface area contributed by atoms with Crippen LogP contribution in [0.25, 0.3) is 10.9 Å². The average molecular weight is 429 g/mol. The summed E-state index contributed by atoms with van der Waals surface area (Å²) in [5.74, 6) is 0.545. The van der Waals surface area contributed by atoms with E-state index in [1.54, 1.807) is 20.9 Å². The van der Waals surface area contributed by atoms with Gasteiger partial charge in [-0.3, -0.25) is 0 Å². The fraction of sp³-hybridized carbons (Fsp3) is 0.579. The van der Waals surface area contributed by atoms with Crippen LogP contribution in [0.3, 0.4) is 0 Å². The molecule has 0 fully saturated rings. The summed E-state index contributed by atoms with van der Waals surface area (Å²) in [6.45, 7) is 10.8. The molecule has 6 heteroatoms. The van der Waals surface area contributed by atoms with Crippen LogP contribution in [0.4, 0.5) is 0 Å². The molecule has 0 saturated carbocycles. The van der Waals surface area contributed by atoms with Crippen molar-refractivity contribution in [3.05, 3.63) is 34.4 Å². The Labute approximate surface area is 160 Å². The highest BCUT2D eigenvalue weighted by molar-refractivity contribution is 9.10. The molecule has 2 aromatic rings. The molecule has 140 valence electrons. The number of benzene rings is 1. The van der Waals surface area contributed by atoms with Crippen LogP contribution in [0.1, 0.15) is 40.2 Å². The number of nitrogens with zero attached hydrogens (tertiary/aromatic N) is 2. The Hall–Kier alpha value is -0.850. The Morgan fingerprint density at radius 3 is 2.36 bits per heavy atom. The first-order chi connectivity index (χ1) is 11.5. The normalized spacial score (nSPS) is 14.2.